The fourth-order valence-electron chi connectivity index (χ4n) is 16.5. The van der Waals surface area contributed by atoms with Gasteiger partial charge in [-0.15, -0.1) is 11.3 Å². The van der Waals surface area contributed by atoms with E-state index in [1.165, 1.54) is 36.4 Å². The lowest BCUT2D eigenvalue weighted by atomic mass is 10.0. The first-order valence-corrected chi connectivity index (χ1v) is 44.9. The van der Waals surface area contributed by atoms with E-state index in [4.69, 9.17) is 28.1 Å². The Morgan fingerprint density at radius 2 is 0.791 bits per heavy atom. The van der Waals surface area contributed by atoms with Crippen LogP contribution in [0, 0.1) is 0 Å². The highest BCUT2D eigenvalue weighted by Gasteiger charge is 2.37. The second kappa shape index (κ2) is 41.2. The number of thiophene rings is 2. The van der Waals surface area contributed by atoms with E-state index >= 15 is 0 Å². The van der Waals surface area contributed by atoms with Crippen molar-refractivity contribution < 1.29 is 66.5 Å². The summed E-state index contributed by atoms with van der Waals surface area (Å²) in [5.41, 5.74) is 5.85. The molecule has 17 rings (SSSR count). The molecule has 12 heterocycles. The van der Waals surface area contributed by atoms with Gasteiger partial charge in [0.1, 0.15) is 33.7 Å². The Balaban J connectivity index is 0.000000140. The van der Waals surface area contributed by atoms with Crippen LogP contribution in [0.3, 0.4) is 0 Å². The van der Waals surface area contributed by atoms with E-state index in [1.807, 2.05) is 185 Å². The van der Waals surface area contributed by atoms with Gasteiger partial charge in [0.2, 0.25) is 0 Å². The van der Waals surface area contributed by atoms with Gasteiger partial charge in [-0.1, -0.05) is 91.0 Å². The number of fused-ring (bicyclic) bond motifs is 4. The van der Waals surface area contributed by atoms with Gasteiger partial charge in [0, 0.05) is 159 Å². The molecule has 1 N–H and O–H groups in total. The summed E-state index contributed by atoms with van der Waals surface area (Å²) in [5.74, 6) is -1.82. The van der Waals surface area contributed by atoms with Crippen molar-refractivity contribution in [1.29, 1.82) is 0 Å². The SMILES string of the molecule is CCOC(=O)c1c(N2CCN(C(=O)c3ccc(Br)o3)CC2)c2ccccc2n(C)c1=O.CCOC(=O)c1c(N2CCN(C(=O)c3cccs3)CC2)c2ccccc2n(Cc2ccc(OC)cc2)c1=O.CCOC(=O)c1c(N2CCN(C(=O)c3ccn[nH]3)CC2)c2ccccc2n(C)c1=O.CCOC(=O)c1c(N2CCN(C(=O)c3ccsc3)CC2)c2ccccc2n(C)c1=O. The summed E-state index contributed by atoms with van der Waals surface area (Å²) in [4.78, 5) is 171. The monoisotopic (exact) mass is 1850 g/mol. The number of amides is 4. The molecule has 13 aromatic rings. The molecule has 0 spiro atoms. The van der Waals surface area contributed by atoms with E-state index < -0.39 is 40.6 Å². The number of para-hydroxylation sites is 4. The van der Waals surface area contributed by atoms with Gasteiger partial charge in [-0.2, -0.15) is 16.4 Å². The first-order chi connectivity index (χ1) is 62.5. The Labute approximate surface area is 757 Å². The predicted octanol–water partition coefficient (Wildman–Crippen LogP) is 11.4. The number of esters is 4. The van der Waals surface area contributed by atoms with Crippen LogP contribution < -0.4 is 46.6 Å². The normalized spacial score (nSPS) is 14.0. The molecule has 129 heavy (non-hydrogen) atoms. The second-order valence-electron chi connectivity index (χ2n) is 30.4. The number of aryl methyl sites for hydroxylation is 3. The third-order valence-electron chi connectivity index (χ3n) is 22.9. The first-order valence-electron chi connectivity index (χ1n) is 42.3. The number of ether oxygens (including phenoxy) is 5. The highest BCUT2D eigenvalue weighted by molar-refractivity contribution is 9.10. The van der Waals surface area contributed by atoms with E-state index in [2.05, 4.69) is 26.1 Å². The molecule has 0 radical (unpaired) electrons. The zero-order valence-electron chi connectivity index (χ0n) is 72.5. The number of nitrogens with one attached hydrogen (secondary N) is 1. The minimum atomic E-state index is -0.640. The first kappa shape index (κ1) is 91.3. The molecule has 0 aliphatic carbocycles. The summed E-state index contributed by atoms with van der Waals surface area (Å²) >= 11 is 6.14. The number of anilines is 4. The van der Waals surface area contributed by atoms with Crippen LogP contribution in [0.4, 0.5) is 22.7 Å². The van der Waals surface area contributed by atoms with E-state index in [0.29, 0.717) is 155 Å². The van der Waals surface area contributed by atoms with Crippen LogP contribution in [-0.2, 0) is 46.6 Å². The van der Waals surface area contributed by atoms with E-state index in [-0.39, 0.29) is 83.6 Å². The van der Waals surface area contributed by atoms with Crippen molar-refractivity contribution in [2.24, 2.45) is 21.1 Å². The molecular formula is C94H97BrN14O18S2. The standard InChI is InChI=1S/C29H29N3O5S.C22H22BrN3O5.C22H23N3O4S.C21H23N5O4/c1-3-37-29(35)25-26(30-14-16-31(17-15-30)27(33)24-9-6-18-38-24)22-7-4-5-8-23(22)32(28(25)34)19-20-10-12-21(36-2)13-11-20;1-3-30-22(29)18-19(14-6-4-5-7-15(14)24(2)21(18)28)25-10-12-26(13-11-25)20(27)16-8-9-17(23)31-16;1-3-29-22(28)18-19(16-6-4-5-7-17(16)23(2)21(18)27)24-9-11-25(12-10-24)20(26)15-8-13-30-14-15;1-3-30-21(29)17-18(14-6-4-5-7-16(14)24(2)20(17)28)25-10-12-26(13-11-25)19(27)15-8-9-22-23-15/h4-13,18H,3,14-17,19H2,1-2H3;4-9H,3,10-13H2,1-2H3;4-8,13-14H,3,9-12H2,1-2H3;4-9H,3,10-13H2,1-2H3,(H,22,23). The topological polar surface area (TPSA) is 338 Å². The third-order valence-corrected chi connectivity index (χ3v) is 24.9. The highest BCUT2D eigenvalue weighted by atomic mass is 79.9. The van der Waals surface area contributed by atoms with E-state index in [1.54, 1.807) is 94.7 Å². The lowest BCUT2D eigenvalue weighted by Crippen LogP contribution is -2.49. The number of halogens is 1. The Hall–Kier alpha value is -13.9. The van der Waals surface area contributed by atoms with Crippen molar-refractivity contribution in [3.05, 3.63) is 276 Å². The Morgan fingerprint density at radius 3 is 1.15 bits per heavy atom. The molecule has 32 nitrogen and oxygen atoms in total. The van der Waals surface area contributed by atoms with Gasteiger partial charge in [-0.25, -0.2) is 19.2 Å². The average molecular weight is 1850 g/mol. The number of carbonyl (C=O) groups excluding carboxylic acids is 8. The number of methoxy groups -OCH3 is 1. The average Bonchev–Trinajstić information content (AvgIpc) is 1.30. The van der Waals surface area contributed by atoms with E-state index in [9.17, 15) is 57.5 Å². The molecule has 4 amide bonds. The maximum atomic E-state index is 14.0. The number of hydrogen-bond donors (Lipinski definition) is 1. The molecule has 4 aliphatic heterocycles. The van der Waals surface area contributed by atoms with Crippen molar-refractivity contribution >= 4 is 152 Å². The molecule has 5 aromatic carbocycles. The Kier molecular flexibility index (Phi) is 29.2. The van der Waals surface area contributed by atoms with Gasteiger partial charge in [0.15, 0.2) is 10.4 Å². The molecule has 0 atom stereocenters. The van der Waals surface area contributed by atoms with Crippen molar-refractivity contribution in [2.75, 3.05) is 158 Å². The van der Waals surface area contributed by atoms with Gasteiger partial charge in [0.05, 0.1) is 95.3 Å². The molecule has 4 fully saturated rings. The number of pyridine rings is 4. The number of rotatable bonds is 19. The Bertz CT molecular complexity index is 6390. The largest absolute Gasteiger partial charge is 0.497 e. The second-order valence-corrected chi connectivity index (χ2v) is 32.9. The molecule has 670 valence electrons. The zero-order valence-corrected chi connectivity index (χ0v) is 75.7. The lowest BCUT2D eigenvalue weighted by Gasteiger charge is -2.37. The molecule has 4 aliphatic rings. The highest BCUT2D eigenvalue weighted by Crippen LogP contribution is 2.37. The van der Waals surface area contributed by atoms with Crippen LogP contribution in [-0.4, -0.2) is 234 Å². The van der Waals surface area contributed by atoms with E-state index in [0.717, 1.165) is 54.9 Å². The summed E-state index contributed by atoms with van der Waals surface area (Å²) < 4.78 is 38.2. The van der Waals surface area contributed by atoms with Gasteiger partial charge >= 0.3 is 23.9 Å². The molecule has 0 saturated carbocycles. The number of aromatic amines is 1. The number of furan rings is 1. The van der Waals surface area contributed by atoms with Crippen molar-refractivity contribution in [1.82, 2.24) is 48.1 Å². The summed E-state index contributed by atoms with van der Waals surface area (Å²) in [7, 11) is 6.57. The smallest absolute Gasteiger partial charge is 0.345 e. The van der Waals surface area contributed by atoms with Gasteiger partial charge < -0.3 is 85.6 Å². The zero-order chi connectivity index (χ0) is 91.3. The summed E-state index contributed by atoms with van der Waals surface area (Å²) in [6, 6.07) is 48.1. The molecule has 0 bridgehead atoms. The van der Waals surface area contributed by atoms with Crippen LogP contribution in [0.1, 0.15) is 116 Å². The quantitative estimate of drug-likeness (QED) is 0.0580. The minimum absolute atomic E-state index is 0.00466. The summed E-state index contributed by atoms with van der Waals surface area (Å²) in [6.45, 7) is 15.6. The molecule has 4 saturated heterocycles. The maximum Gasteiger partial charge on any atom is 0.345 e. The number of piperazine rings is 4. The number of carbonyl (C=O) groups is 8. The van der Waals surface area contributed by atoms with Gasteiger partial charge in [-0.3, -0.25) is 43.5 Å². The van der Waals surface area contributed by atoms with Crippen molar-refractivity contribution in [2.45, 2.75) is 34.2 Å². The van der Waals surface area contributed by atoms with Crippen LogP contribution in [0.25, 0.3) is 43.6 Å². The Morgan fingerprint density at radius 1 is 0.411 bits per heavy atom. The fraction of sp³-hybridized carbons (Fsp3) is 0.309. The predicted molar refractivity (Wildman–Crippen MR) is 498 cm³/mol. The van der Waals surface area contributed by atoms with Gasteiger partial charge in [-0.05, 0) is 127 Å². The summed E-state index contributed by atoms with van der Waals surface area (Å²) in [6.07, 6.45) is 1.54. The van der Waals surface area contributed by atoms with Crippen LogP contribution in [0.15, 0.2) is 208 Å². The third kappa shape index (κ3) is 19.4. The number of nitrogens with zero attached hydrogens (tertiary/aromatic N) is 13. The molecular weight excluding hydrogens is 1760 g/mol. The van der Waals surface area contributed by atoms with Gasteiger partial charge in [0.25, 0.3) is 45.9 Å². The fourth-order valence-corrected chi connectivity index (χ4v) is 18.2. The van der Waals surface area contributed by atoms with Crippen LogP contribution >= 0.6 is 38.6 Å². The number of H-pyrrole nitrogens is 1. The number of benzene rings is 5. The van der Waals surface area contributed by atoms with Crippen molar-refractivity contribution in [3.8, 4) is 5.75 Å². The molecule has 8 aromatic heterocycles. The number of aromatic nitrogens is 6. The van der Waals surface area contributed by atoms with Crippen molar-refractivity contribution in [3.63, 3.8) is 0 Å². The summed E-state index contributed by atoms with van der Waals surface area (Å²) in [5, 5.41) is 15.4. The van der Waals surface area contributed by atoms with Crippen LogP contribution in [0.5, 0.6) is 5.75 Å². The minimum Gasteiger partial charge on any atom is -0.497 e. The number of hydrogen-bond acceptors (Lipinski definition) is 25. The van der Waals surface area contributed by atoms with Crippen LogP contribution in [0.2, 0.25) is 0 Å². The molecule has 0 unspecified atom stereocenters. The maximum absolute atomic E-state index is 14.0. The lowest BCUT2D eigenvalue weighted by molar-refractivity contribution is 0.0514. The molecule has 35 heteroatoms.